The normalized spacial score (nSPS) is 12.7. The van der Waals surface area contributed by atoms with Crippen molar-refractivity contribution >= 4 is 23.7 Å². The smallest absolute Gasteiger partial charge is 0.322 e. The van der Waals surface area contributed by atoms with Crippen LogP contribution in [0.15, 0.2) is 24.3 Å². The number of phenolic OH excluding ortho intramolecular Hbond substituents is 1. The van der Waals surface area contributed by atoms with E-state index in [0.29, 0.717) is 5.56 Å². The number of carboxylic acid groups (broad SMARTS) is 1. The average molecular weight is 352 g/mol. The molecule has 0 saturated heterocycles. The van der Waals surface area contributed by atoms with Gasteiger partial charge in [-0.2, -0.15) is 0 Å². The summed E-state index contributed by atoms with van der Waals surface area (Å²) < 4.78 is 0. The van der Waals surface area contributed by atoms with Crippen molar-refractivity contribution in [2.75, 3.05) is 6.54 Å². The van der Waals surface area contributed by atoms with Crippen LogP contribution in [0, 0.1) is 0 Å². The molecule has 0 fully saturated rings. The fourth-order valence-corrected chi connectivity index (χ4v) is 1.95. The summed E-state index contributed by atoms with van der Waals surface area (Å²) in [5.74, 6) is -3.61. The van der Waals surface area contributed by atoms with E-state index in [9.17, 15) is 24.3 Å². The second-order valence-electron chi connectivity index (χ2n) is 5.32. The van der Waals surface area contributed by atoms with E-state index in [1.807, 2.05) is 0 Å². The van der Waals surface area contributed by atoms with Gasteiger partial charge in [-0.05, 0) is 24.1 Å². The van der Waals surface area contributed by atoms with E-state index >= 15 is 0 Å². The minimum atomic E-state index is -1.32. The SMILES string of the molecule is NC(=O)CC(NC(=O)C(N)Cc1ccc(O)cc1)C(=O)NCC(=O)O. The summed E-state index contributed by atoms with van der Waals surface area (Å²) in [5.41, 5.74) is 11.5. The predicted octanol–water partition coefficient (Wildman–Crippen LogP) is -2.18. The maximum absolute atomic E-state index is 12.1. The van der Waals surface area contributed by atoms with Crippen LogP contribution in [0.5, 0.6) is 5.75 Å². The number of carbonyl (C=O) groups is 4. The molecule has 0 aliphatic carbocycles. The molecule has 25 heavy (non-hydrogen) atoms. The lowest BCUT2D eigenvalue weighted by Crippen LogP contribution is -2.53. The molecule has 0 heterocycles. The highest BCUT2D eigenvalue weighted by Crippen LogP contribution is 2.11. The van der Waals surface area contributed by atoms with E-state index < -0.39 is 48.7 Å². The van der Waals surface area contributed by atoms with Crippen LogP contribution in [-0.2, 0) is 25.6 Å². The molecule has 0 saturated carbocycles. The Hall–Kier alpha value is -3.14. The van der Waals surface area contributed by atoms with Gasteiger partial charge in [-0.15, -0.1) is 0 Å². The van der Waals surface area contributed by atoms with Crippen LogP contribution in [0.1, 0.15) is 12.0 Å². The van der Waals surface area contributed by atoms with Crippen LogP contribution in [0.4, 0.5) is 0 Å². The van der Waals surface area contributed by atoms with Gasteiger partial charge in [0.05, 0.1) is 12.5 Å². The lowest BCUT2D eigenvalue weighted by atomic mass is 10.0. The first-order valence-electron chi connectivity index (χ1n) is 7.30. The van der Waals surface area contributed by atoms with E-state index in [1.165, 1.54) is 12.1 Å². The van der Waals surface area contributed by atoms with Gasteiger partial charge in [0.1, 0.15) is 18.3 Å². The molecule has 10 nitrogen and oxygen atoms in total. The second-order valence-corrected chi connectivity index (χ2v) is 5.32. The topological polar surface area (TPSA) is 185 Å². The Kier molecular flexibility index (Phi) is 7.35. The number of aliphatic carboxylic acids is 1. The monoisotopic (exact) mass is 352 g/mol. The first kappa shape index (κ1) is 19.9. The fraction of sp³-hybridized carbons (Fsp3) is 0.333. The van der Waals surface area contributed by atoms with Crippen LogP contribution in [-0.4, -0.2) is 52.5 Å². The van der Waals surface area contributed by atoms with Gasteiger partial charge in [0.25, 0.3) is 0 Å². The lowest BCUT2D eigenvalue weighted by Gasteiger charge is -2.19. The van der Waals surface area contributed by atoms with Crippen molar-refractivity contribution in [1.29, 1.82) is 0 Å². The molecule has 3 amide bonds. The van der Waals surface area contributed by atoms with Gasteiger partial charge in [-0.25, -0.2) is 0 Å². The van der Waals surface area contributed by atoms with E-state index in [2.05, 4.69) is 10.6 Å². The lowest BCUT2D eigenvalue weighted by molar-refractivity contribution is -0.138. The second kappa shape index (κ2) is 9.23. The highest BCUT2D eigenvalue weighted by atomic mass is 16.4. The fourth-order valence-electron chi connectivity index (χ4n) is 1.95. The number of carboxylic acids is 1. The predicted molar refractivity (Wildman–Crippen MR) is 86.2 cm³/mol. The summed E-state index contributed by atoms with van der Waals surface area (Å²) in [7, 11) is 0. The third-order valence-electron chi connectivity index (χ3n) is 3.18. The maximum Gasteiger partial charge on any atom is 0.322 e. The largest absolute Gasteiger partial charge is 0.508 e. The van der Waals surface area contributed by atoms with Crippen molar-refractivity contribution in [2.24, 2.45) is 11.5 Å². The molecular formula is C15H20N4O6. The quantitative estimate of drug-likeness (QED) is 0.292. The molecule has 0 bridgehead atoms. The zero-order valence-corrected chi connectivity index (χ0v) is 13.3. The van der Waals surface area contributed by atoms with E-state index in [1.54, 1.807) is 12.1 Å². The van der Waals surface area contributed by atoms with Crippen molar-refractivity contribution < 1.29 is 29.4 Å². The Bertz CT molecular complexity index is 646. The minimum Gasteiger partial charge on any atom is -0.508 e. The molecule has 1 aromatic rings. The van der Waals surface area contributed by atoms with Crippen LogP contribution in [0.25, 0.3) is 0 Å². The van der Waals surface area contributed by atoms with Gasteiger partial charge in [0, 0.05) is 0 Å². The molecule has 0 radical (unpaired) electrons. The number of rotatable bonds is 9. The summed E-state index contributed by atoms with van der Waals surface area (Å²) in [6.45, 7) is -0.663. The molecule has 1 aromatic carbocycles. The number of phenols is 1. The number of hydrogen-bond donors (Lipinski definition) is 6. The number of carbonyl (C=O) groups excluding carboxylic acids is 3. The van der Waals surface area contributed by atoms with Crippen molar-refractivity contribution in [3.05, 3.63) is 29.8 Å². The highest BCUT2D eigenvalue weighted by Gasteiger charge is 2.25. The first-order valence-corrected chi connectivity index (χ1v) is 7.30. The molecule has 1 rings (SSSR count). The van der Waals surface area contributed by atoms with Crippen LogP contribution in [0.2, 0.25) is 0 Å². The third kappa shape index (κ3) is 7.31. The van der Waals surface area contributed by atoms with Gasteiger partial charge in [-0.3, -0.25) is 19.2 Å². The van der Waals surface area contributed by atoms with Crippen molar-refractivity contribution in [3.8, 4) is 5.75 Å². The molecule has 2 unspecified atom stereocenters. The first-order chi connectivity index (χ1) is 11.7. The van der Waals surface area contributed by atoms with Crippen molar-refractivity contribution in [2.45, 2.75) is 24.9 Å². The average Bonchev–Trinajstić information content (AvgIpc) is 2.53. The van der Waals surface area contributed by atoms with Gasteiger partial charge in [0.2, 0.25) is 17.7 Å². The molecule has 0 aliphatic rings. The Morgan fingerprint density at radius 3 is 2.20 bits per heavy atom. The van der Waals surface area contributed by atoms with Gasteiger partial charge >= 0.3 is 5.97 Å². The number of nitrogens with one attached hydrogen (secondary N) is 2. The summed E-state index contributed by atoms with van der Waals surface area (Å²) in [6.07, 6.45) is -0.366. The van der Waals surface area contributed by atoms with E-state index in [0.717, 1.165) is 0 Å². The summed E-state index contributed by atoms with van der Waals surface area (Å²) in [6, 6.07) is 3.71. The molecule has 10 heteroatoms. The molecule has 136 valence electrons. The van der Waals surface area contributed by atoms with Gasteiger partial charge in [-0.1, -0.05) is 12.1 Å². The molecule has 0 aliphatic heterocycles. The van der Waals surface area contributed by atoms with Crippen LogP contribution >= 0.6 is 0 Å². The zero-order valence-electron chi connectivity index (χ0n) is 13.3. The van der Waals surface area contributed by atoms with Gasteiger partial charge in [0.15, 0.2) is 0 Å². The zero-order chi connectivity index (χ0) is 19.0. The summed E-state index contributed by atoms with van der Waals surface area (Å²) in [4.78, 5) is 45.5. The Labute approximate surface area is 143 Å². The third-order valence-corrected chi connectivity index (χ3v) is 3.18. The maximum atomic E-state index is 12.1. The van der Waals surface area contributed by atoms with Crippen molar-refractivity contribution in [3.63, 3.8) is 0 Å². The summed E-state index contributed by atoms with van der Waals surface area (Å²) in [5, 5.41) is 22.1. The summed E-state index contributed by atoms with van der Waals surface area (Å²) >= 11 is 0. The number of nitrogens with two attached hydrogens (primary N) is 2. The number of benzene rings is 1. The molecule has 8 N–H and O–H groups in total. The molecular weight excluding hydrogens is 332 g/mol. The molecule has 0 aromatic heterocycles. The molecule has 2 atom stereocenters. The van der Waals surface area contributed by atoms with Crippen LogP contribution < -0.4 is 22.1 Å². The Morgan fingerprint density at radius 1 is 1.08 bits per heavy atom. The highest BCUT2D eigenvalue weighted by molar-refractivity contribution is 5.94. The van der Waals surface area contributed by atoms with Gasteiger partial charge < -0.3 is 32.3 Å². The van der Waals surface area contributed by atoms with E-state index in [4.69, 9.17) is 16.6 Å². The number of hydrogen-bond acceptors (Lipinski definition) is 6. The number of amides is 3. The Morgan fingerprint density at radius 2 is 1.68 bits per heavy atom. The van der Waals surface area contributed by atoms with E-state index in [-0.39, 0.29) is 12.2 Å². The van der Waals surface area contributed by atoms with Crippen LogP contribution in [0.3, 0.4) is 0 Å². The Balaban J connectivity index is 2.68. The number of primary amides is 1. The number of aromatic hydroxyl groups is 1. The standard InChI is InChI=1S/C15H20N4O6/c16-10(5-8-1-3-9(20)4-2-8)14(24)19-11(6-12(17)21)15(25)18-7-13(22)23/h1-4,10-11,20H,5-7,16H2,(H2,17,21)(H,18,25)(H,19,24)(H,22,23). The minimum absolute atomic E-state index is 0.0680. The van der Waals surface area contributed by atoms with Crippen molar-refractivity contribution in [1.82, 2.24) is 10.6 Å². The molecule has 0 spiro atoms.